The van der Waals surface area contributed by atoms with Crippen LogP contribution < -0.4 is 4.72 Å². The minimum absolute atomic E-state index is 0.524. The van der Waals surface area contributed by atoms with Gasteiger partial charge in [-0.1, -0.05) is 29.8 Å². The number of nitrogens with zero attached hydrogens (tertiary/aromatic N) is 1. The molecule has 4 nitrogen and oxygen atoms in total. The highest BCUT2D eigenvalue weighted by Gasteiger charge is 2.17. The van der Waals surface area contributed by atoms with Crippen molar-refractivity contribution in [2.45, 2.75) is 33.2 Å². The van der Waals surface area contributed by atoms with Crippen LogP contribution in [0.25, 0.3) is 0 Å². The van der Waals surface area contributed by atoms with Crippen molar-refractivity contribution in [1.82, 2.24) is 4.72 Å². The van der Waals surface area contributed by atoms with Crippen LogP contribution in [0.1, 0.15) is 31.9 Å². The van der Waals surface area contributed by atoms with Crippen molar-refractivity contribution in [3.8, 4) is 0 Å². The molecule has 17 heavy (non-hydrogen) atoms. The highest BCUT2D eigenvalue weighted by atomic mass is 32.2. The van der Waals surface area contributed by atoms with Gasteiger partial charge < -0.3 is 0 Å². The molecule has 0 aliphatic heterocycles. The van der Waals surface area contributed by atoms with E-state index < -0.39 is 15.7 Å². The molecule has 0 heterocycles. The van der Waals surface area contributed by atoms with Gasteiger partial charge in [0, 0.05) is 11.8 Å². The third-order valence-corrected chi connectivity index (χ3v) is 3.11. The summed E-state index contributed by atoms with van der Waals surface area (Å²) in [7, 11) is -3.63. The zero-order valence-corrected chi connectivity index (χ0v) is 11.4. The normalized spacial score (nSPS) is 13.2. The van der Waals surface area contributed by atoms with Crippen LogP contribution in [-0.2, 0) is 10.2 Å². The van der Waals surface area contributed by atoms with Crippen LogP contribution >= 0.6 is 0 Å². The summed E-state index contributed by atoms with van der Waals surface area (Å²) >= 11 is 0. The fourth-order valence-electron chi connectivity index (χ4n) is 1.20. The molecule has 5 heteroatoms. The van der Waals surface area contributed by atoms with E-state index in [0.717, 1.165) is 11.1 Å². The fraction of sp³-hybridized carbons (Fsp3) is 0.417. The maximum atomic E-state index is 11.6. The summed E-state index contributed by atoms with van der Waals surface area (Å²) in [6.07, 6.45) is 1.34. The van der Waals surface area contributed by atoms with Gasteiger partial charge in [0.15, 0.2) is 0 Å². The second-order valence-electron chi connectivity index (χ2n) is 4.97. The molecule has 0 saturated carbocycles. The zero-order valence-electron chi connectivity index (χ0n) is 10.6. The van der Waals surface area contributed by atoms with Gasteiger partial charge in [-0.3, -0.25) is 0 Å². The molecule has 0 amide bonds. The van der Waals surface area contributed by atoms with Crippen LogP contribution in [-0.4, -0.2) is 20.2 Å². The predicted molar refractivity (Wildman–Crippen MR) is 70.6 cm³/mol. The van der Waals surface area contributed by atoms with Crippen molar-refractivity contribution < 1.29 is 8.42 Å². The molecule has 0 unspecified atom stereocenters. The third kappa shape index (κ3) is 5.60. The van der Waals surface area contributed by atoms with Gasteiger partial charge in [-0.05, 0) is 33.3 Å². The molecule has 0 spiro atoms. The van der Waals surface area contributed by atoms with Crippen molar-refractivity contribution in [3.63, 3.8) is 0 Å². The first-order valence-electron chi connectivity index (χ1n) is 5.34. The zero-order chi connectivity index (χ0) is 13.1. The molecule has 0 atom stereocenters. The Balaban J connectivity index is 2.81. The second-order valence-corrected chi connectivity index (χ2v) is 6.34. The summed E-state index contributed by atoms with van der Waals surface area (Å²) in [5.41, 5.74) is 1.36. The molecule has 1 aromatic rings. The number of benzene rings is 1. The van der Waals surface area contributed by atoms with E-state index in [0.29, 0.717) is 0 Å². The number of hydrogen-bond donors (Lipinski definition) is 1. The summed E-state index contributed by atoms with van der Waals surface area (Å²) < 4.78 is 29.2. The highest BCUT2D eigenvalue weighted by molar-refractivity contribution is 7.88. The molecule has 0 aliphatic rings. The molecule has 0 aliphatic carbocycles. The molecule has 1 rings (SSSR count). The predicted octanol–water partition coefficient (Wildman–Crippen LogP) is 2.05. The molecule has 0 saturated heterocycles. The lowest BCUT2D eigenvalue weighted by Gasteiger charge is -2.17. The topological polar surface area (TPSA) is 58.5 Å². The Bertz CT molecular complexity index is 496. The van der Waals surface area contributed by atoms with Crippen LogP contribution in [0.2, 0.25) is 0 Å². The lowest BCUT2D eigenvalue weighted by atomic mass is 10.1. The van der Waals surface area contributed by atoms with Gasteiger partial charge in [0.1, 0.15) is 0 Å². The summed E-state index contributed by atoms with van der Waals surface area (Å²) in [5.74, 6) is 0. The van der Waals surface area contributed by atoms with Gasteiger partial charge in [-0.15, -0.1) is 0 Å². The molecule has 94 valence electrons. The molecule has 0 bridgehead atoms. The molecular weight excluding hydrogens is 236 g/mol. The Hall–Kier alpha value is -1.20. The first-order chi connectivity index (χ1) is 7.68. The number of rotatable bonds is 3. The van der Waals surface area contributed by atoms with Gasteiger partial charge in [0.25, 0.3) is 0 Å². The minimum Gasteiger partial charge on any atom is -0.191 e. The van der Waals surface area contributed by atoms with Crippen LogP contribution in [0.15, 0.2) is 28.7 Å². The lowest BCUT2D eigenvalue weighted by molar-refractivity contribution is 0.492. The van der Waals surface area contributed by atoms with E-state index in [2.05, 4.69) is 9.12 Å². The molecule has 1 N–H and O–H groups in total. The van der Waals surface area contributed by atoms with Gasteiger partial charge in [-0.25, -0.2) is 0 Å². The van der Waals surface area contributed by atoms with Crippen LogP contribution in [0.4, 0.5) is 0 Å². The number of hydrogen-bond acceptors (Lipinski definition) is 2. The number of aryl methyl sites for hydroxylation is 1. The van der Waals surface area contributed by atoms with Crippen LogP contribution in [0, 0.1) is 6.92 Å². The van der Waals surface area contributed by atoms with Crippen LogP contribution in [0.3, 0.4) is 0 Å². The van der Waals surface area contributed by atoms with Crippen LogP contribution in [0.5, 0.6) is 0 Å². The highest BCUT2D eigenvalue weighted by Crippen LogP contribution is 2.04. The lowest BCUT2D eigenvalue weighted by Crippen LogP contribution is -2.39. The van der Waals surface area contributed by atoms with Gasteiger partial charge >= 0.3 is 10.2 Å². The van der Waals surface area contributed by atoms with Gasteiger partial charge in [0.05, 0.1) is 0 Å². The van der Waals surface area contributed by atoms with E-state index in [1.165, 1.54) is 6.21 Å². The maximum absolute atomic E-state index is 11.6. The average Bonchev–Trinajstić information content (AvgIpc) is 2.13. The molecule has 0 aromatic heterocycles. The van der Waals surface area contributed by atoms with Crippen molar-refractivity contribution in [2.24, 2.45) is 4.40 Å². The van der Waals surface area contributed by atoms with E-state index in [9.17, 15) is 8.42 Å². The molecule has 1 aromatic carbocycles. The smallest absolute Gasteiger partial charge is 0.191 e. The van der Waals surface area contributed by atoms with Crippen molar-refractivity contribution in [3.05, 3.63) is 35.4 Å². The first kappa shape index (κ1) is 13.9. The van der Waals surface area contributed by atoms with E-state index in [1.807, 2.05) is 31.2 Å². The Kier molecular flexibility index (Phi) is 4.06. The Labute approximate surface area is 103 Å². The first-order valence-corrected chi connectivity index (χ1v) is 6.78. The summed E-state index contributed by atoms with van der Waals surface area (Å²) in [6, 6.07) is 7.47. The standard InChI is InChI=1S/C12H18N2O2S/c1-10-5-7-11(8-6-10)9-13-17(15,16)14-12(2,3)4/h5-9,14H,1-4H3. The van der Waals surface area contributed by atoms with E-state index in [4.69, 9.17) is 0 Å². The van der Waals surface area contributed by atoms with Crippen molar-refractivity contribution in [2.75, 3.05) is 0 Å². The Morgan fingerprint density at radius 3 is 2.18 bits per heavy atom. The second kappa shape index (κ2) is 4.98. The Morgan fingerprint density at radius 2 is 1.71 bits per heavy atom. The summed E-state index contributed by atoms with van der Waals surface area (Å²) in [6.45, 7) is 7.28. The molecule has 0 radical (unpaired) electrons. The van der Waals surface area contributed by atoms with E-state index >= 15 is 0 Å². The molecular formula is C12H18N2O2S. The Morgan fingerprint density at radius 1 is 1.18 bits per heavy atom. The summed E-state index contributed by atoms with van der Waals surface area (Å²) in [5, 5.41) is 0. The quantitative estimate of drug-likeness (QED) is 0.839. The van der Waals surface area contributed by atoms with E-state index in [-0.39, 0.29) is 0 Å². The summed E-state index contributed by atoms with van der Waals surface area (Å²) in [4.78, 5) is 0. The van der Waals surface area contributed by atoms with Gasteiger partial charge in [-0.2, -0.15) is 17.5 Å². The monoisotopic (exact) mass is 254 g/mol. The van der Waals surface area contributed by atoms with Crippen molar-refractivity contribution >= 4 is 16.4 Å². The fourth-order valence-corrected chi connectivity index (χ4v) is 2.28. The van der Waals surface area contributed by atoms with Crippen molar-refractivity contribution in [1.29, 1.82) is 0 Å². The maximum Gasteiger partial charge on any atom is 0.320 e. The molecule has 0 fully saturated rings. The van der Waals surface area contributed by atoms with Gasteiger partial charge in [0.2, 0.25) is 0 Å². The number of nitrogens with one attached hydrogen (secondary N) is 1. The minimum atomic E-state index is -3.63. The largest absolute Gasteiger partial charge is 0.320 e. The third-order valence-electron chi connectivity index (χ3n) is 1.85. The van der Waals surface area contributed by atoms with E-state index in [1.54, 1.807) is 20.8 Å². The average molecular weight is 254 g/mol. The SMILES string of the molecule is Cc1ccc(C=NS(=O)(=O)NC(C)(C)C)cc1.